The van der Waals surface area contributed by atoms with Gasteiger partial charge in [-0.1, -0.05) is 50.2 Å². The summed E-state index contributed by atoms with van der Waals surface area (Å²) in [6.45, 7) is 4.18. The number of aliphatic imine (C=N–C) groups is 1. The lowest BCUT2D eigenvalue weighted by Crippen LogP contribution is -2.37. The van der Waals surface area contributed by atoms with Gasteiger partial charge in [0.25, 0.3) is 0 Å². The van der Waals surface area contributed by atoms with Gasteiger partial charge in [-0.05, 0) is 53.8 Å². The molecule has 0 fully saturated rings. The van der Waals surface area contributed by atoms with Crippen LogP contribution < -0.4 is 4.74 Å². The van der Waals surface area contributed by atoms with Crippen LogP contribution in [0.2, 0.25) is 0 Å². The first-order valence-electron chi connectivity index (χ1n) is 11.8. The predicted molar refractivity (Wildman–Crippen MR) is 132 cm³/mol. The Balaban J connectivity index is 1.43. The minimum Gasteiger partial charge on any atom is -0.457 e. The van der Waals surface area contributed by atoms with Crippen molar-refractivity contribution in [2.45, 2.75) is 32.6 Å². The molecular weight excluding hydrogens is 441 g/mol. The zero-order chi connectivity index (χ0) is 24.3. The third-order valence-electron chi connectivity index (χ3n) is 7.13. The third kappa shape index (κ3) is 3.63. The molecule has 3 aromatic rings. The molecule has 2 aliphatic carbocycles. The van der Waals surface area contributed by atoms with Crippen molar-refractivity contribution in [3.05, 3.63) is 107 Å². The maximum atomic E-state index is 13.6. The van der Waals surface area contributed by atoms with Gasteiger partial charge in [0, 0.05) is 34.7 Å². The number of hydrogen-bond acceptors (Lipinski definition) is 4. The zero-order valence-electron chi connectivity index (χ0n) is 19.5. The van der Waals surface area contributed by atoms with Crippen molar-refractivity contribution >= 4 is 17.3 Å². The molecule has 0 bridgehead atoms. The standard InChI is InChI=1S/C30H24FNO3/c1-30(2)15-23-26(24(33)16-30)25(27-28(32-23)21-5-3-4-6-22(21)29(27)34)17-7-11-19(12-8-17)35-20-13-9-18(31)10-14-20/h3-14,25,27H,15-16H2,1-2H3. The number of carbonyl (C=O) groups excluding carboxylic acids is 2. The molecule has 3 aliphatic rings. The van der Waals surface area contributed by atoms with Crippen molar-refractivity contribution in [2.24, 2.45) is 16.3 Å². The van der Waals surface area contributed by atoms with Crippen LogP contribution in [0.25, 0.3) is 0 Å². The molecule has 0 saturated carbocycles. The Kier molecular flexibility index (Phi) is 4.85. The molecule has 174 valence electrons. The fourth-order valence-electron chi connectivity index (χ4n) is 5.63. The molecule has 0 saturated heterocycles. The number of hydrogen-bond donors (Lipinski definition) is 0. The number of ketones is 2. The fraction of sp³-hybridized carbons (Fsp3) is 0.233. The number of halogens is 1. The number of ether oxygens (including phenoxy) is 1. The van der Waals surface area contributed by atoms with E-state index in [0.717, 1.165) is 22.5 Å². The molecule has 3 aromatic carbocycles. The average Bonchev–Trinajstić information content (AvgIpc) is 3.11. The highest BCUT2D eigenvalue weighted by Gasteiger charge is 2.50. The Morgan fingerprint density at radius 3 is 2.14 bits per heavy atom. The van der Waals surface area contributed by atoms with Crippen LogP contribution in [0.15, 0.2) is 89.1 Å². The second-order valence-corrected chi connectivity index (χ2v) is 10.3. The highest BCUT2D eigenvalue weighted by molar-refractivity contribution is 6.30. The van der Waals surface area contributed by atoms with Crippen LogP contribution in [0.4, 0.5) is 4.39 Å². The monoisotopic (exact) mass is 465 g/mol. The highest BCUT2D eigenvalue weighted by atomic mass is 19.1. The largest absolute Gasteiger partial charge is 0.457 e. The molecule has 5 heteroatoms. The van der Waals surface area contributed by atoms with E-state index in [-0.39, 0.29) is 28.7 Å². The highest BCUT2D eigenvalue weighted by Crippen LogP contribution is 2.51. The van der Waals surface area contributed by atoms with E-state index in [4.69, 9.17) is 9.73 Å². The first-order chi connectivity index (χ1) is 16.8. The van der Waals surface area contributed by atoms with Crippen LogP contribution in [0, 0.1) is 17.2 Å². The normalized spacial score (nSPS) is 22.3. The van der Waals surface area contributed by atoms with Crippen LogP contribution in [0.5, 0.6) is 11.5 Å². The predicted octanol–water partition coefficient (Wildman–Crippen LogP) is 6.66. The van der Waals surface area contributed by atoms with Crippen molar-refractivity contribution in [2.75, 3.05) is 0 Å². The van der Waals surface area contributed by atoms with E-state index in [1.54, 1.807) is 12.1 Å². The van der Waals surface area contributed by atoms with Crippen molar-refractivity contribution < 1.29 is 18.7 Å². The first-order valence-corrected chi connectivity index (χ1v) is 11.8. The second kappa shape index (κ2) is 7.84. The van der Waals surface area contributed by atoms with Crippen molar-refractivity contribution in [3.8, 4) is 11.5 Å². The van der Waals surface area contributed by atoms with E-state index in [1.807, 2.05) is 48.5 Å². The molecule has 0 amide bonds. The summed E-state index contributed by atoms with van der Waals surface area (Å²) in [6, 6.07) is 20.9. The first kappa shape index (κ1) is 21.7. The number of Topliss-reactive ketones (excluding diaryl/α,β-unsaturated/α-hetero) is 2. The zero-order valence-corrected chi connectivity index (χ0v) is 19.5. The minimum atomic E-state index is -0.514. The minimum absolute atomic E-state index is 0.0140. The van der Waals surface area contributed by atoms with Gasteiger partial charge in [0.2, 0.25) is 0 Å². The summed E-state index contributed by atoms with van der Waals surface area (Å²) >= 11 is 0. The Bertz CT molecular complexity index is 1430. The Morgan fingerprint density at radius 2 is 1.46 bits per heavy atom. The number of benzene rings is 3. The number of allylic oxidation sites excluding steroid dienone is 2. The summed E-state index contributed by atoms with van der Waals surface area (Å²) < 4.78 is 19.1. The molecule has 0 spiro atoms. The third-order valence-corrected chi connectivity index (χ3v) is 7.13. The van der Waals surface area contributed by atoms with Gasteiger partial charge in [0.1, 0.15) is 17.3 Å². The van der Waals surface area contributed by atoms with E-state index in [2.05, 4.69) is 13.8 Å². The summed E-state index contributed by atoms with van der Waals surface area (Å²) in [7, 11) is 0. The van der Waals surface area contributed by atoms with Crippen LogP contribution in [0.3, 0.4) is 0 Å². The molecule has 2 unspecified atom stereocenters. The van der Waals surface area contributed by atoms with Crippen molar-refractivity contribution in [1.29, 1.82) is 0 Å². The van der Waals surface area contributed by atoms with Crippen LogP contribution >= 0.6 is 0 Å². The maximum Gasteiger partial charge on any atom is 0.173 e. The molecule has 4 nitrogen and oxygen atoms in total. The second-order valence-electron chi connectivity index (χ2n) is 10.3. The molecule has 35 heavy (non-hydrogen) atoms. The Hall–Kier alpha value is -3.86. The molecule has 6 rings (SSSR count). The fourth-order valence-corrected chi connectivity index (χ4v) is 5.63. The topological polar surface area (TPSA) is 55.7 Å². The Labute approximate surface area is 203 Å². The quantitative estimate of drug-likeness (QED) is 0.435. The van der Waals surface area contributed by atoms with Gasteiger partial charge in [-0.2, -0.15) is 0 Å². The summed E-state index contributed by atoms with van der Waals surface area (Å²) in [4.78, 5) is 32.0. The lowest BCUT2D eigenvalue weighted by molar-refractivity contribution is -0.118. The van der Waals surface area contributed by atoms with Gasteiger partial charge in [-0.25, -0.2) is 4.39 Å². The molecule has 2 atom stereocenters. The summed E-state index contributed by atoms with van der Waals surface area (Å²) in [5.41, 5.74) is 4.49. The van der Waals surface area contributed by atoms with Gasteiger partial charge in [-0.3, -0.25) is 14.6 Å². The van der Waals surface area contributed by atoms with Crippen LogP contribution in [-0.2, 0) is 4.79 Å². The van der Waals surface area contributed by atoms with Crippen molar-refractivity contribution in [3.63, 3.8) is 0 Å². The van der Waals surface area contributed by atoms with E-state index >= 15 is 0 Å². The van der Waals surface area contributed by atoms with Crippen LogP contribution in [0.1, 0.15) is 54.1 Å². The molecule has 0 radical (unpaired) electrons. The molecule has 1 heterocycles. The van der Waals surface area contributed by atoms with Crippen LogP contribution in [-0.4, -0.2) is 17.3 Å². The van der Waals surface area contributed by atoms with E-state index in [9.17, 15) is 14.0 Å². The lowest BCUT2D eigenvalue weighted by Gasteiger charge is -2.38. The van der Waals surface area contributed by atoms with E-state index in [0.29, 0.717) is 35.5 Å². The molecule has 0 aromatic heterocycles. The molecular formula is C30H24FNO3. The smallest absolute Gasteiger partial charge is 0.173 e. The average molecular weight is 466 g/mol. The SMILES string of the molecule is CC1(C)CC(=O)C2=C(C1)N=C1c3ccccc3C(=O)C1C2c1ccc(Oc2ccc(F)cc2)cc1. The number of nitrogens with zero attached hydrogens (tertiary/aromatic N) is 1. The molecule has 1 aliphatic heterocycles. The lowest BCUT2D eigenvalue weighted by atomic mass is 9.66. The molecule has 0 N–H and O–H groups in total. The van der Waals surface area contributed by atoms with Gasteiger partial charge < -0.3 is 4.74 Å². The van der Waals surface area contributed by atoms with Gasteiger partial charge in [0.05, 0.1) is 11.6 Å². The van der Waals surface area contributed by atoms with Gasteiger partial charge in [-0.15, -0.1) is 0 Å². The van der Waals surface area contributed by atoms with Gasteiger partial charge in [0.15, 0.2) is 11.6 Å². The summed E-state index contributed by atoms with van der Waals surface area (Å²) in [5.74, 6) is -0.0199. The van der Waals surface area contributed by atoms with E-state index < -0.39 is 5.92 Å². The maximum absolute atomic E-state index is 13.6. The van der Waals surface area contributed by atoms with E-state index in [1.165, 1.54) is 12.1 Å². The number of rotatable bonds is 3. The number of fused-ring (bicyclic) bond motifs is 3. The summed E-state index contributed by atoms with van der Waals surface area (Å²) in [6.07, 6.45) is 1.13. The van der Waals surface area contributed by atoms with Crippen molar-refractivity contribution in [1.82, 2.24) is 0 Å². The summed E-state index contributed by atoms with van der Waals surface area (Å²) in [5, 5.41) is 0. The Morgan fingerprint density at radius 1 is 0.829 bits per heavy atom. The van der Waals surface area contributed by atoms with Gasteiger partial charge >= 0.3 is 0 Å². The number of carbonyl (C=O) groups is 2.